The number of rotatable bonds is 2. The minimum Gasteiger partial charge on any atom is -0.398 e. The Morgan fingerprint density at radius 1 is 1.21 bits per heavy atom. The van der Waals surface area contributed by atoms with E-state index in [1.54, 1.807) is 6.07 Å². The van der Waals surface area contributed by atoms with Gasteiger partial charge in [0.2, 0.25) is 0 Å². The molecule has 1 aromatic heterocycles. The van der Waals surface area contributed by atoms with E-state index in [-0.39, 0.29) is 0 Å². The molecule has 2 heterocycles. The van der Waals surface area contributed by atoms with Crippen LogP contribution in [0.1, 0.15) is 45.9 Å². The normalized spacial score (nSPS) is 20.3. The number of aromatic nitrogens is 1. The van der Waals surface area contributed by atoms with Gasteiger partial charge in [0.15, 0.2) is 0 Å². The van der Waals surface area contributed by atoms with E-state index in [1.807, 2.05) is 40.7 Å². The molecule has 1 aliphatic heterocycles. The summed E-state index contributed by atoms with van der Waals surface area (Å²) in [5.41, 5.74) is 1.36. The van der Waals surface area contributed by atoms with Crippen LogP contribution in [0.25, 0.3) is 0 Å². The minimum absolute atomic E-state index is 0.394. The zero-order valence-electron chi connectivity index (χ0n) is 12.2. The van der Waals surface area contributed by atoms with Crippen LogP contribution in [0.2, 0.25) is 0 Å². The third kappa shape index (κ3) is 2.51. The second-order valence-corrected chi connectivity index (χ2v) is 5.84. The zero-order valence-corrected chi connectivity index (χ0v) is 12.2. The largest absolute Gasteiger partial charge is 0.514 e. The van der Waals surface area contributed by atoms with Crippen molar-refractivity contribution in [3.05, 3.63) is 23.4 Å². The van der Waals surface area contributed by atoms with Crippen molar-refractivity contribution in [1.82, 2.24) is 4.98 Å². The van der Waals surface area contributed by atoms with Crippen LogP contribution in [-0.2, 0) is 15.7 Å². The van der Waals surface area contributed by atoms with Crippen molar-refractivity contribution < 1.29 is 9.31 Å². The Hall–Kier alpha value is -1.38. The Kier molecular flexibility index (Phi) is 3.42. The van der Waals surface area contributed by atoms with Gasteiger partial charge in [-0.25, -0.2) is 4.98 Å². The van der Waals surface area contributed by atoms with E-state index in [9.17, 15) is 0 Å². The fourth-order valence-corrected chi connectivity index (χ4v) is 1.96. The molecule has 0 radical (unpaired) electrons. The Bertz CT molecular complexity index is 519. The molecular formula is C14H19BN2O2. The average molecular weight is 258 g/mol. The summed E-state index contributed by atoms with van der Waals surface area (Å²) in [6.45, 7) is 10.1. The van der Waals surface area contributed by atoms with Crippen LogP contribution < -0.4 is 5.59 Å². The van der Waals surface area contributed by atoms with Gasteiger partial charge in [-0.2, -0.15) is 5.26 Å². The highest BCUT2D eigenvalue weighted by molar-refractivity contribution is 6.61. The molecule has 0 spiro atoms. The van der Waals surface area contributed by atoms with E-state index < -0.39 is 18.3 Å². The van der Waals surface area contributed by atoms with Gasteiger partial charge >= 0.3 is 7.12 Å². The van der Waals surface area contributed by atoms with Crippen molar-refractivity contribution >= 4 is 12.7 Å². The SMILES string of the molecule is CCc1cc(C#N)nc(B2OC(C)(C)C(C)(C)O2)c1. The van der Waals surface area contributed by atoms with Crippen LogP contribution in [0.15, 0.2) is 12.1 Å². The van der Waals surface area contributed by atoms with E-state index in [1.165, 1.54) is 0 Å². The molecule has 0 bridgehead atoms. The smallest absolute Gasteiger partial charge is 0.398 e. The van der Waals surface area contributed by atoms with Crippen molar-refractivity contribution in [3.8, 4) is 6.07 Å². The molecule has 0 amide bonds. The number of aryl methyl sites for hydroxylation is 1. The molecule has 5 heteroatoms. The van der Waals surface area contributed by atoms with E-state index in [2.05, 4.69) is 11.1 Å². The molecule has 1 aromatic rings. The first-order chi connectivity index (χ1) is 8.79. The van der Waals surface area contributed by atoms with Gasteiger partial charge < -0.3 is 9.31 Å². The summed E-state index contributed by atoms with van der Waals surface area (Å²) in [6, 6.07) is 5.83. The van der Waals surface area contributed by atoms with Crippen molar-refractivity contribution in [2.45, 2.75) is 52.2 Å². The molecule has 1 aliphatic rings. The fourth-order valence-electron chi connectivity index (χ4n) is 1.96. The molecule has 4 nitrogen and oxygen atoms in total. The van der Waals surface area contributed by atoms with Gasteiger partial charge in [0.25, 0.3) is 0 Å². The van der Waals surface area contributed by atoms with Gasteiger partial charge in [-0.3, -0.25) is 0 Å². The van der Waals surface area contributed by atoms with Crippen molar-refractivity contribution in [2.24, 2.45) is 0 Å². The molecule has 0 saturated carbocycles. The van der Waals surface area contributed by atoms with Crippen LogP contribution in [0.3, 0.4) is 0 Å². The predicted molar refractivity (Wildman–Crippen MR) is 74.0 cm³/mol. The molecule has 1 saturated heterocycles. The maximum atomic E-state index is 9.04. The molecule has 0 aromatic carbocycles. The van der Waals surface area contributed by atoms with Gasteiger partial charge in [0.05, 0.1) is 16.8 Å². The Morgan fingerprint density at radius 2 is 1.79 bits per heavy atom. The Labute approximate surface area is 114 Å². The van der Waals surface area contributed by atoms with Crippen molar-refractivity contribution in [3.63, 3.8) is 0 Å². The van der Waals surface area contributed by atoms with Gasteiger partial charge in [-0.15, -0.1) is 0 Å². The van der Waals surface area contributed by atoms with Crippen LogP contribution in [-0.4, -0.2) is 23.3 Å². The van der Waals surface area contributed by atoms with Crippen molar-refractivity contribution in [2.75, 3.05) is 0 Å². The molecule has 19 heavy (non-hydrogen) atoms. The summed E-state index contributed by atoms with van der Waals surface area (Å²) in [5.74, 6) is 0. The van der Waals surface area contributed by atoms with E-state index in [0.29, 0.717) is 11.3 Å². The monoisotopic (exact) mass is 258 g/mol. The summed E-state index contributed by atoms with van der Waals surface area (Å²) in [5, 5.41) is 9.04. The lowest BCUT2D eigenvalue weighted by Crippen LogP contribution is -2.41. The molecule has 0 N–H and O–H groups in total. The van der Waals surface area contributed by atoms with Gasteiger partial charge in [0.1, 0.15) is 11.8 Å². The summed E-state index contributed by atoms with van der Waals surface area (Å²) >= 11 is 0. The third-order valence-corrected chi connectivity index (χ3v) is 3.92. The van der Waals surface area contributed by atoms with Crippen molar-refractivity contribution in [1.29, 1.82) is 5.26 Å². The Balaban J connectivity index is 2.37. The summed E-state index contributed by atoms with van der Waals surface area (Å²) in [4.78, 5) is 4.30. The van der Waals surface area contributed by atoms with Crippen LogP contribution in [0.5, 0.6) is 0 Å². The number of hydrogen-bond donors (Lipinski definition) is 0. The van der Waals surface area contributed by atoms with Gasteiger partial charge in [-0.1, -0.05) is 6.92 Å². The van der Waals surface area contributed by atoms with Gasteiger partial charge in [-0.05, 0) is 51.8 Å². The van der Waals surface area contributed by atoms with Crippen LogP contribution in [0, 0.1) is 11.3 Å². The second kappa shape index (κ2) is 4.62. The lowest BCUT2D eigenvalue weighted by Gasteiger charge is -2.32. The minimum atomic E-state index is -0.511. The molecule has 0 atom stereocenters. The number of nitriles is 1. The van der Waals surface area contributed by atoms with Gasteiger partial charge in [0, 0.05) is 0 Å². The Morgan fingerprint density at radius 3 is 2.26 bits per heavy atom. The predicted octanol–water partition coefficient (Wildman–Crippen LogP) is 1.81. The van der Waals surface area contributed by atoms with E-state index >= 15 is 0 Å². The highest BCUT2D eigenvalue weighted by atomic mass is 16.7. The highest BCUT2D eigenvalue weighted by Gasteiger charge is 2.52. The third-order valence-electron chi connectivity index (χ3n) is 3.92. The summed E-state index contributed by atoms with van der Waals surface area (Å²) in [6.07, 6.45) is 0.851. The molecule has 100 valence electrons. The van der Waals surface area contributed by atoms with E-state index in [0.717, 1.165) is 12.0 Å². The number of pyridine rings is 1. The fraction of sp³-hybridized carbons (Fsp3) is 0.571. The maximum absolute atomic E-state index is 9.04. The standard InChI is InChI=1S/C14H19BN2O2/c1-6-10-7-11(9-16)17-12(8-10)15-18-13(2,3)14(4,5)19-15/h7-8H,6H2,1-5H3. The molecular weight excluding hydrogens is 239 g/mol. The summed E-state index contributed by atoms with van der Waals surface area (Å²) in [7, 11) is -0.511. The van der Waals surface area contributed by atoms with Crippen LogP contribution in [0.4, 0.5) is 0 Å². The molecule has 0 unspecified atom stereocenters. The molecule has 1 fully saturated rings. The first kappa shape index (κ1) is 14.0. The lowest BCUT2D eigenvalue weighted by molar-refractivity contribution is 0.00578. The highest BCUT2D eigenvalue weighted by Crippen LogP contribution is 2.36. The topological polar surface area (TPSA) is 55.1 Å². The maximum Gasteiger partial charge on any atom is 0.514 e. The van der Waals surface area contributed by atoms with E-state index in [4.69, 9.17) is 14.6 Å². The number of nitrogens with zero attached hydrogens (tertiary/aromatic N) is 2. The lowest BCUT2D eigenvalue weighted by atomic mass is 9.83. The second-order valence-electron chi connectivity index (χ2n) is 5.84. The quantitative estimate of drug-likeness (QED) is 0.759. The zero-order chi connectivity index (χ0) is 14.3. The number of hydrogen-bond acceptors (Lipinski definition) is 4. The van der Waals surface area contributed by atoms with Crippen LogP contribution >= 0.6 is 0 Å². The first-order valence-corrected chi connectivity index (χ1v) is 6.55. The molecule has 2 rings (SSSR count). The summed E-state index contributed by atoms with van der Waals surface area (Å²) < 4.78 is 11.9. The average Bonchev–Trinajstić information content (AvgIpc) is 2.58. The molecule has 0 aliphatic carbocycles. The first-order valence-electron chi connectivity index (χ1n) is 6.55.